The Morgan fingerprint density at radius 3 is 2.60 bits per heavy atom. The summed E-state index contributed by atoms with van der Waals surface area (Å²) in [7, 11) is 0. The molecule has 1 aliphatic carbocycles. The third kappa shape index (κ3) is 4.84. The first kappa shape index (κ1) is 18.0. The number of alkyl halides is 3. The van der Waals surface area contributed by atoms with Crippen molar-refractivity contribution in [1.82, 2.24) is 9.97 Å². The molecular formula is C17H17BrF3N3O. The van der Waals surface area contributed by atoms with E-state index in [0.29, 0.717) is 5.69 Å². The molecule has 3 rings (SSSR count). The minimum absolute atomic E-state index is 0.0666. The molecule has 1 N–H and O–H groups in total. The van der Waals surface area contributed by atoms with Crippen molar-refractivity contribution < 1.29 is 17.9 Å². The molecule has 25 heavy (non-hydrogen) atoms. The Morgan fingerprint density at radius 2 is 1.92 bits per heavy atom. The van der Waals surface area contributed by atoms with Crippen molar-refractivity contribution in [2.75, 3.05) is 5.32 Å². The minimum atomic E-state index is -4.56. The smallest absolute Gasteiger partial charge is 0.423 e. The Bertz CT molecular complexity index is 733. The quantitative estimate of drug-likeness (QED) is 0.694. The number of aromatic nitrogens is 2. The van der Waals surface area contributed by atoms with Gasteiger partial charge in [-0.05, 0) is 43.9 Å². The Labute approximate surface area is 152 Å². The van der Waals surface area contributed by atoms with Gasteiger partial charge in [-0.15, -0.1) is 0 Å². The maximum Gasteiger partial charge on any atom is 0.423 e. The summed E-state index contributed by atoms with van der Waals surface area (Å²) in [5.74, 6) is -0.344. The molecule has 1 aliphatic rings. The molecule has 8 heteroatoms. The van der Waals surface area contributed by atoms with E-state index in [-0.39, 0.29) is 12.1 Å². The first-order chi connectivity index (χ1) is 11.9. The second-order valence-electron chi connectivity index (χ2n) is 5.92. The van der Waals surface area contributed by atoms with Gasteiger partial charge in [-0.3, -0.25) is 0 Å². The summed E-state index contributed by atoms with van der Waals surface area (Å²) in [5, 5.41) is 2.90. The molecule has 0 aliphatic heterocycles. The van der Waals surface area contributed by atoms with Crippen molar-refractivity contribution in [2.45, 2.75) is 44.4 Å². The van der Waals surface area contributed by atoms with Crippen LogP contribution in [0.3, 0.4) is 0 Å². The highest BCUT2D eigenvalue weighted by molar-refractivity contribution is 9.10. The zero-order chi connectivity index (χ0) is 17.9. The van der Waals surface area contributed by atoms with Crippen molar-refractivity contribution in [3.63, 3.8) is 0 Å². The fourth-order valence-electron chi connectivity index (χ4n) is 2.75. The molecule has 1 aromatic carbocycles. The summed E-state index contributed by atoms with van der Waals surface area (Å²) in [6.45, 7) is 0. The number of nitrogens with one attached hydrogen (secondary N) is 1. The van der Waals surface area contributed by atoms with E-state index in [2.05, 4.69) is 31.2 Å². The molecular weight excluding hydrogens is 399 g/mol. The molecule has 1 fully saturated rings. The number of rotatable bonds is 4. The molecule has 0 unspecified atom stereocenters. The molecule has 0 atom stereocenters. The summed E-state index contributed by atoms with van der Waals surface area (Å²) in [5.41, 5.74) is -0.282. The molecule has 0 bridgehead atoms. The van der Waals surface area contributed by atoms with E-state index >= 15 is 0 Å². The van der Waals surface area contributed by atoms with Crippen LogP contribution in [0.25, 0.3) is 0 Å². The zero-order valence-corrected chi connectivity index (χ0v) is 14.9. The second kappa shape index (κ2) is 7.59. The monoisotopic (exact) mass is 415 g/mol. The molecule has 0 spiro atoms. The van der Waals surface area contributed by atoms with Gasteiger partial charge in [0.2, 0.25) is 11.8 Å². The van der Waals surface area contributed by atoms with Crippen LogP contribution < -0.4 is 10.1 Å². The zero-order valence-electron chi connectivity index (χ0n) is 13.3. The van der Waals surface area contributed by atoms with Gasteiger partial charge in [0, 0.05) is 16.4 Å². The topological polar surface area (TPSA) is 47.0 Å². The van der Waals surface area contributed by atoms with Gasteiger partial charge in [0.25, 0.3) is 0 Å². The second-order valence-corrected chi connectivity index (χ2v) is 6.84. The SMILES string of the molecule is FC(F)(F)c1cnc(Nc2cccc(Br)c2)nc1OC1CCCCC1. The van der Waals surface area contributed by atoms with Crippen LogP contribution in [0.1, 0.15) is 37.7 Å². The van der Waals surface area contributed by atoms with Gasteiger partial charge < -0.3 is 10.1 Å². The van der Waals surface area contributed by atoms with Crippen LogP contribution in [-0.2, 0) is 6.18 Å². The highest BCUT2D eigenvalue weighted by Gasteiger charge is 2.37. The molecule has 134 valence electrons. The number of hydrogen-bond acceptors (Lipinski definition) is 4. The average molecular weight is 416 g/mol. The number of nitrogens with zero attached hydrogens (tertiary/aromatic N) is 2. The van der Waals surface area contributed by atoms with E-state index in [0.717, 1.165) is 42.8 Å². The summed E-state index contributed by atoms with van der Waals surface area (Å²) in [6.07, 6.45) is 0.477. The predicted molar refractivity (Wildman–Crippen MR) is 92.0 cm³/mol. The van der Waals surface area contributed by atoms with Gasteiger partial charge in [-0.25, -0.2) is 4.98 Å². The molecule has 1 heterocycles. The van der Waals surface area contributed by atoms with E-state index in [1.807, 2.05) is 6.07 Å². The lowest BCUT2D eigenvalue weighted by atomic mass is 9.98. The highest BCUT2D eigenvalue weighted by Crippen LogP contribution is 2.36. The fourth-order valence-corrected chi connectivity index (χ4v) is 3.15. The molecule has 2 aromatic rings. The Balaban J connectivity index is 1.86. The largest absolute Gasteiger partial charge is 0.474 e. The van der Waals surface area contributed by atoms with Crippen LogP contribution in [0.2, 0.25) is 0 Å². The molecule has 0 radical (unpaired) electrons. The molecule has 1 aromatic heterocycles. The lowest BCUT2D eigenvalue weighted by Gasteiger charge is -2.24. The summed E-state index contributed by atoms with van der Waals surface area (Å²) < 4.78 is 46.1. The van der Waals surface area contributed by atoms with Crippen LogP contribution >= 0.6 is 15.9 Å². The van der Waals surface area contributed by atoms with E-state index in [1.165, 1.54) is 0 Å². The first-order valence-electron chi connectivity index (χ1n) is 8.05. The van der Waals surface area contributed by atoms with Crippen molar-refractivity contribution in [3.8, 4) is 5.88 Å². The highest BCUT2D eigenvalue weighted by atomic mass is 79.9. The maximum atomic E-state index is 13.2. The van der Waals surface area contributed by atoms with Crippen molar-refractivity contribution in [2.24, 2.45) is 0 Å². The minimum Gasteiger partial charge on any atom is -0.474 e. The summed E-state index contributed by atoms with van der Waals surface area (Å²) in [6, 6.07) is 7.20. The summed E-state index contributed by atoms with van der Waals surface area (Å²) >= 11 is 3.34. The van der Waals surface area contributed by atoms with E-state index < -0.39 is 17.6 Å². The van der Waals surface area contributed by atoms with Crippen LogP contribution in [0.15, 0.2) is 34.9 Å². The molecule has 0 saturated heterocycles. The predicted octanol–water partition coefficient (Wildman–Crippen LogP) is 5.71. The van der Waals surface area contributed by atoms with Crippen molar-refractivity contribution >= 4 is 27.6 Å². The van der Waals surface area contributed by atoms with Gasteiger partial charge in [0.1, 0.15) is 11.7 Å². The number of anilines is 2. The van der Waals surface area contributed by atoms with E-state index in [4.69, 9.17) is 4.74 Å². The molecule has 0 amide bonds. The Morgan fingerprint density at radius 1 is 1.16 bits per heavy atom. The lowest BCUT2D eigenvalue weighted by Crippen LogP contribution is -2.22. The van der Waals surface area contributed by atoms with Crippen LogP contribution in [0.4, 0.5) is 24.8 Å². The maximum absolute atomic E-state index is 13.2. The average Bonchev–Trinajstić information content (AvgIpc) is 2.55. The fraction of sp³-hybridized carbons (Fsp3) is 0.412. The van der Waals surface area contributed by atoms with Crippen molar-refractivity contribution in [1.29, 1.82) is 0 Å². The van der Waals surface area contributed by atoms with E-state index in [1.54, 1.807) is 18.2 Å². The third-order valence-electron chi connectivity index (χ3n) is 3.97. The van der Waals surface area contributed by atoms with Crippen LogP contribution in [0, 0.1) is 0 Å². The van der Waals surface area contributed by atoms with Gasteiger partial charge >= 0.3 is 6.18 Å². The Hall–Kier alpha value is -1.83. The number of hydrogen-bond donors (Lipinski definition) is 1. The van der Waals surface area contributed by atoms with Gasteiger partial charge in [-0.1, -0.05) is 28.4 Å². The molecule has 1 saturated carbocycles. The normalized spacial score (nSPS) is 15.8. The van der Waals surface area contributed by atoms with Gasteiger partial charge in [-0.2, -0.15) is 18.2 Å². The third-order valence-corrected chi connectivity index (χ3v) is 4.46. The Kier molecular flexibility index (Phi) is 5.46. The van der Waals surface area contributed by atoms with Gasteiger partial charge in [0.05, 0.1) is 0 Å². The summed E-state index contributed by atoms with van der Waals surface area (Å²) in [4.78, 5) is 7.76. The van der Waals surface area contributed by atoms with Crippen LogP contribution in [-0.4, -0.2) is 16.1 Å². The number of ether oxygens (including phenoxy) is 1. The number of halogens is 4. The standard InChI is InChI=1S/C17H17BrF3N3O/c18-11-5-4-6-12(9-11)23-16-22-10-14(17(19,20)21)15(24-16)25-13-7-2-1-3-8-13/h4-6,9-10,13H,1-3,7-8H2,(H,22,23,24). The van der Waals surface area contributed by atoms with Crippen molar-refractivity contribution in [3.05, 3.63) is 40.5 Å². The lowest BCUT2D eigenvalue weighted by molar-refractivity contribution is -0.140. The molecule has 4 nitrogen and oxygen atoms in total. The first-order valence-corrected chi connectivity index (χ1v) is 8.84. The van der Waals surface area contributed by atoms with Gasteiger partial charge in [0.15, 0.2) is 0 Å². The van der Waals surface area contributed by atoms with E-state index in [9.17, 15) is 13.2 Å². The number of benzene rings is 1. The van der Waals surface area contributed by atoms with Crippen LogP contribution in [0.5, 0.6) is 5.88 Å².